The number of carbonyl (C=O) groups excluding carboxylic acids is 2. The Kier molecular flexibility index (Phi) is 22.8. The van der Waals surface area contributed by atoms with Gasteiger partial charge in [-0.2, -0.15) is 0 Å². The number of rotatable bonds is 19. The number of carboxylic acids is 1. The molecule has 37 heavy (non-hydrogen) atoms. The predicted octanol–water partition coefficient (Wildman–Crippen LogP) is 1.22. The van der Waals surface area contributed by atoms with Crippen LogP contribution in [0.25, 0.3) is 0 Å². The van der Waals surface area contributed by atoms with Gasteiger partial charge in [-0.15, -0.1) is 23.2 Å². The first-order valence-electron chi connectivity index (χ1n) is 11.9. The van der Waals surface area contributed by atoms with E-state index in [1.54, 1.807) is 21.6 Å². The van der Waals surface area contributed by atoms with Crippen LogP contribution in [0, 0.1) is 0 Å². The Morgan fingerprint density at radius 1 is 0.892 bits per heavy atom. The van der Waals surface area contributed by atoms with Crippen molar-refractivity contribution in [2.45, 2.75) is 25.3 Å². The Morgan fingerprint density at radius 3 is 1.73 bits per heavy atom. The number of nitrogens with zero attached hydrogens (tertiary/aromatic N) is 1. The van der Waals surface area contributed by atoms with Gasteiger partial charge in [0.25, 0.3) is 0 Å². The summed E-state index contributed by atoms with van der Waals surface area (Å²) in [5.41, 5.74) is 17.9. The number of hydrogen-bond donors (Lipinski definition) is 6. The van der Waals surface area contributed by atoms with Gasteiger partial charge in [0, 0.05) is 81.1 Å². The van der Waals surface area contributed by atoms with Gasteiger partial charge in [-0.05, 0) is 24.1 Å². The molecular weight excluding hydrogens is 559 g/mol. The molecule has 14 heteroatoms. The topological polar surface area (TPSA) is 177 Å². The van der Waals surface area contributed by atoms with E-state index in [1.807, 2.05) is 24.3 Å². The molecule has 1 rings (SSSR count). The number of nitrogens with one attached hydrogen (secondary N) is 2. The zero-order chi connectivity index (χ0) is 27.9. The van der Waals surface area contributed by atoms with Gasteiger partial charge in [-0.25, -0.2) is 0 Å². The maximum Gasteiger partial charge on any atom is 0.320 e. The van der Waals surface area contributed by atoms with E-state index in [-0.39, 0.29) is 11.8 Å². The SMILES string of the molecule is NCCC(=O)NCCSSCCNC(=O)CCN.N[C@@H](Cc1ccc(N(CCCl)CCCl)cc1)C(=O)O. The van der Waals surface area contributed by atoms with E-state index in [9.17, 15) is 14.4 Å². The molecule has 0 unspecified atom stereocenters. The summed E-state index contributed by atoms with van der Waals surface area (Å²) in [7, 11) is 3.35. The summed E-state index contributed by atoms with van der Waals surface area (Å²) in [6.07, 6.45) is 1.08. The third-order valence-electron chi connectivity index (χ3n) is 4.62. The molecule has 1 aromatic carbocycles. The van der Waals surface area contributed by atoms with Crippen LogP contribution < -0.4 is 32.7 Å². The number of halogens is 2. The number of alkyl halides is 2. The van der Waals surface area contributed by atoms with Crippen LogP contribution in [-0.2, 0) is 20.8 Å². The average molecular weight is 600 g/mol. The Balaban J connectivity index is 0.000000702. The molecule has 0 heterocycles. The van der Waals surface area contributed by atoms with Crippen LogP contribution in [0.2, 0.25) is 0 Å². The maximum absolute atomic E-state index is 11.0. The highest BCUT2D eigenvalue weighted by Crippen LogP contribution is 2.19. The van der Waals surface area contributed by atoms with Crippen molar-refractivity contribution in [2.75, 3.05) is 67.4 Å². The molecule has 212 valence electrons. The fourth-order valence-electron chi connectivity index (χ4n) is 2.78. The highest BCUT2D eigenvalue weighted by Gasteiger charge is 2.12. The minimum absolute atomic E-state index is 0.00264. The van der Waals surface area contributed by atoms with Crippen molar-refractivity contribution >= 4 is 68.3 Å². The number of nitrogens with two attached hydrogens (primary N) is 3. The second kappa shape index (κ2) is 23.7. The lowest BCUT2D eigenvalue weighted by molar-refractivity contribution is -0.138. The first-order valence-corrected chi connectivity index (χ1v) is 15.5. The molecule has 9 N–H and O–H groups in total. The number of aliphatic carboxylic acids is 1. The van der Waals surface area contributed by atoms with Crippen LogP contribution in [0.4, 0.5) is 5.69 Å². The van der Waals surface area contributed by atoms with Crippen molar-refractivity contribution in [3.63, 3.8) is 0 Å². The van der Waals surface area contributed by atoms with Crippen LogP contribution in [-0.4, -0.2) is 91.5 Å². The molecule has 0 radical (unpaired) electrons. The summed E-state index contributed by atoms with van der Waals surface area (Å²) in [5.74, 6) is 1.75. The van der Waals surface area contributed by atoms with Crippen LogP contribution in [0.5, 0.6) is 0 Å². The lowest BCUT2D eigenvalue weighted by atomic mass is 10.1. The lowest BCUT2D eigenvalue weighted by Crippen LogP contribution is -2.32. The second-order valence-electron chi connectivity index (χ2n) is 7.60. The van der Waals surface area contributed by atoms with E-state index in [1.165, 1.54) is 0 Å². The molecule has 0 aliphatic rings. The zero-order valence-electron chi connectivity index (χ0n) is 21.0. The van der Waals surface area contributed by atoms with Crippen LogP contribution in [0.15, 0.2) is 24.3 Å². The summed E-state index contributed by atoms with van der Waals surface area (Å²) < 4.78 is 0. The van der Waals surface area contributed by atoms with E-state index in [0.29, 0.717) is 57.2 Å². The van der Waals surface area contributed by atoms with Crippen LogP contribution in [0.3, 0.4) is 0 Å². The smallest absolute Gasteiger partial charge is 0.320 e. The third kappa shape index (κ3) is 19.3. The van der Waals surface area contributed by atoms with Crippen molar-refractivity contribution in [3.8, 4) is 0 Å². The molecule has 10 nitrogen and oxygen atoms in total. The van der Waals surface area contributed by atoms with Crippen molar-refractivity contribution in [1.29, 1.82) is 0 Å². The van der Waals surface area contributed by atoms with Crippen molar-refractivity contribution in [2.24, 2.45) is 17.2 Å². The number of anilines is 1. The quantitative estimate of drug-likeness (QED) is 0.0770. The first kappa shape index (κ1) is 35.6. The van der Waals surface area contributed by atoms with E-state index in [4.69, 9.17) is 45.5 Å². The molecule has 1 aromatic rings. The number of amides is 2. The molecule has 0 aliphatic carbocycles. The molecular formula is C23H40Cl2N6O4S2. The van der Waals surface area contributed by atoms with Crippen molar-refractivity contribution in [3.05, 3.63) is 29.8 Å². The molecule has 0 bridgehead atoms. The fourth-order valence-corrected chi connectivity index (χ4v) is 5.00. The number of carbonyl (C=O) groups is 3. The van der Waals surface area contributed by atoms with E-state index in [0.717, 1.165) is 35.8 Å². The Labute approximate surface area is 237 Å². The first-order chi connectivity index (χ1) is 17.8. The molecule has 0 fully saturated rings. The van der Waals surface area contributed by atoms with Crippen LogP contribution >= 0.6 is 44.8 Å². The Hall–Kier alpha value is -1.41. The van der Waals surface area contributed by atoms with Crippen molar-refractivity contribution < 1.29 is 19.5 Å². The fraction of sp³-hybridized carbons (Fsp3) is 0.609. The van der Waals surface area contributed by atoms with Gasteiger partial charge in [-0.3, -0.25) is 14.4 Å². The van der Waals surface area contributed by atoms with Gasteiger partial charge >= 0.3 is 5.97 Å². The molecule has 0 saturated carbocycles. The second-order valence-corrected chi connectivity index (χ2v) is 11.1. The lowest BCUT2D eigenvalue weighted by Gasteiger charge is -2.23. The molecule has 2 amide bonds. The number of carboxylic acid groups (broad SMARTS) is 1. The zero-order valence-corrected chi connectivity index (χ0v) is 24.1. The monoisotopic (exact) mass is 598 g/mol. The predicted molar refractivity (Wildman–Crippen MR) is 158 cm³/mol. The summed E-state index contributed by atoms with van der Waals surface area (Å²) in [5, 5.41) is 14.3. The largest absolute Gasteiger partial charge is 0.480 e. The highest BCUT2D eigenvalue weighted by atomic mass is 35.5. The van der Waals surface area contributed by atoms with Gasteiger partial charge in [-0.1, -0.05) is 33.7 Å². The van der Waals surface area contributed by atoms with Crippen LogP contribution in [0.1, 0.15) is 18.4 Å². The van der Waals surface area contributed by atoms with E-state index >= 15 is 0 Å². The minimum atomic E-state index is -0.991. The van der Waals surface area contributed by atoms with Gasteiger partial charge < -0.3 is 37.8 Å². The molecule has 0 spiro atoms. The summed E-state index contributed by atoms with van der Waals surface area (Å²) in [4.78, 5) is 34.9. The average Bonchev–Trinajstić information content (AvgIpc) is 2.86. The van der Waals surface area contributed by atoms with E-state index < -0.39 is 12.0 Å². The normalized spacial score (nSPS) is 11.2. The number of hydrogen-bond acceptors (Lipinski definition) is 9. The summed E-state index contributed by atoms with van der Waals surface area (Å²) in [6.45, 7) is 3.52. The maximum atomic E-state index is 11.0. The molecule has 1 atom stereocenters. The molecule has 0 saturated heterocycles. The standard InChI is InChI=1S/C13H18Cl2N2O2.C10H22N4O2S2/c14-5-7-17(8-6-15)11-3-1-10(2-4-11)9-12(16)13(18)19;11-3-1-9(15)13-5-7-17-18-8-6-14-10(16)2-4-12/h1-4,12H,5-9,16H2,(H,18,19);1-8,11-12H2,(H,13,15)(H,14,16)/t12-;/m0./s1. The molecule has 0 aliphatic heterocycles. The molecule has 0 aromatic heterocycles. The number of benzene rings is 1. The Morgan fingerprint density at radius 2 is 1.35 bits per heavy atom. The van der Waals surface area contributed by atoms with Gasteiger partial charge in [0.1, 0.15) is 6.04 Å². The highest BCUT2D eigenvalue weighted by molar-refractivity contribution is 8.76. The van der Waals surface area contributed by atoms with E-state index in [2.05, 4.69) is 15.5 Å². The summed E-state index contributed by atoms with van der Waals surface area (Å²) >= 11 is 11.5. The van der Waals surface area contributed by atoms with Gasteiger partial charge in [0.05, 0.1) is 0 Å². The summed E-state index contributed by atoms with van der Waals surface area (Å²) in [6, 6.07) is 6.76. The minimum Gasteiger partial charge on any atom is -0.480 e. The van der Waals surface area contributed by atoms with Crippen molar-refractivity contribution in [1.82, 2.24) is 10.6 Å². The van der Waals surface area contributed by atoms with Gasteiger partial charge in [0.15, 0.2) is 0 Å². The van der Waals surface area contributed by atoms with Gasteiger partial charge in [0.2, 0.25) is 11.8 Å². The Bertz CT molecular complexity index is 735. The third-order valence-corrected chi connectivity index (χ3v) is 7.37.